The van der Waals surface area contributed by atoms with Crippen molar-refractivity contribution in [2.75, 3.05) is 11.8 Å². The molecule has 0 fully saturated rings. The molecule has 0 spiro atoms. The van der Waals surface area contributed by atoms with Crippen LogP contribution in [0.4, 0.5) is 5.82 Å². The first kappa shape index (κ1) is 22.1. The van der Waals surface area contributed by atoms with E-state index in [9.17, 15) is 4.21 Å². The van der Waals surface area contributed by atoms with Gasteiger partial charge in [0.05, 0.1) is 17.8 Å². The largest absolute Gasteiger partial charge is 0.478 e. The molecule has 1 atom stereocenters. The lowest BCUT2D eigenvalue weighted by molar-refractivity contribution is 0.361. The molecule has 10 heteroatoms. The highest BCUT2D eigenvalue weighted by atomic mass is 32.2. The Labute approximate surface area is 182 Å². The summed E-state index contributed by atoms with van der Waals surface area (Å²) < 4.78 is 26.3. The molecule has 0 amide bonds. The highest BCUT2D eigenvalue weighted by molar-refractivity contribution is 7.86. The third kappa shape index (κ3) is 5.31. The molecule has 0 bridgehead atoms. The summed E-state index contributed by atoms with van der Waals surface area (Å²) in [5.74, 6) is 2.35. The molecule has 0 aliphatic rings. The van der Waals surface area contributed by atoms with Crippen molar-refractivity contribution in [2.24, 2.45) is 0 Å². The molecule has 8 nitrogen and oxygen atoms in total. The van der Waals surface area contributed by atoms with Crippen molar-refractivity contribution in [1.29, 1.82) is 0 Å². The van der Waals surface area contributed by atoms with Crippen molar-refractivity contribution in [3.63, 3.8) is 0 Å². The lowest BCUT2D eigenvalue weighted by Crippen LogP contribution is -2.15. The standard InChI is InChI=1S/C20H25N5O3S2/c1-6-7-16-21-11-10-14(23-16)18-20(22-13(4)29-18)28-15-8-9-17(24-19(15)27-5)25-30(26)12(2)3/h8-12H,6-7H2,1-5H3,(H,24,25). The van der Waals surface area contributed by atoms with E-state index in [1.54, 1.807) is 18.3 Å². The molecule has 30 heavy (non-hydrogen) atoms. The number of methoxy groups -OCH3 is 1. The molecular formula is C20H25N5O3S2. The summed E-state index contributed by atoms with van der Waals surface area (Å²) in [5.41, 5.74) is 0.770. The summed E-state index contributed by atoms with van der Waals surface area (Å²) in [6, 6.07) is 5.26. The molecule has 0 saturated carbocycles. The SMILES string of the molecule is CCCc1nccc(-c2sc(C)nc2Oc2ccc(NS(=O)C(C)C)nc2OC)n1. The van der Waals surface area contributed by atoms with E-state index in [0.717, 1.165) is 34.2 Å². The monoisotopic (exact) mass is 447 g/mol. The van der Waals surface area contributed by atoms with Gasteiger partial charge >= 0.3 is 0 Å². The van der Waals surface area contributed by atoms with E-state index in [1.165, 1.54) is 18.4 Å². The quantitative estimate of drug-likeness (QED) is 0.514. The van der Waals surface area contributed by atoms with Gasteiger partial charge in [-0.25, -0.2) is 19.2 Å². The van der Waals surface area contributed by atoms with Crippen molar-refractivity contribution >= 4 is 28.1 Å². The van der Waals surface area contributed by atoms with Gasteiger partial charge < -0.3 is 9.47 Å². The van der Waals surface area contributed by atoms with Crippen LogP contribution < -0.4 is 14.2 Å². The molecule has 0 aliphatic carbocycles. The van der Waals surface area contributed by atoms with E-state index in [1.807, 2.05) is 26.8 Å². The van der Waals surface area contributed by atoms with Crippen LogP contribution in [-0.2, 0) is 17.4 Å². The van der Waals surface area contributed by atoms with Crippen molar-refractivity contribution in [1.82, 2.24) is 19.9 Å². The second-order valence-corrected chi connectivity index (χ2v) is 9.67. The topological polar surface area (TPSA) is 99.1 Å². The van der Waals surface area contributed by atoms with E-state index in [-0.39, 0.29) is 11.1 Å². The van der Waals surface area contributed by atoms with Crippen LogP contribution in [0.3, 0.4) is 0 Å². The predicted molar refractivity (Wildman–Crippen MR) is 120 cm³/mol. The molecule has 3 rings (SSSR count). The van der Waals surface area contributed by atoms with E-state index in [0.29, 0.717) is 17.4 Å². The molecule has 0 aliphatic heterocycles. The van der Waals surface area contributed by atoms with Crippen LogP contribution in [0.1, 0.15) is 38.0 Å². The summed E-state index contributed by atoms with van der Waals surface area (Å²) in [6.45, 7) is 7.74. The molecule has 3 aromatic rings. The number of pyridine rings is 1. The van der Waals surface area contributed by atoms with Gasteiger partial charge in [-0.15, -0.1) is 11.3 Å². The van der Waals surface area contributed by atoms with Crippen molar-refractivity contribution in [2.45, 2.75) is 45.8 Å². The van der Waals surface area contributed by atoms with Gasteiger partial charge in [-0.2, -0.15) is 4.98 Å². The van der Waals surface area contributed by atoms with Gasteiger partial charge in [0.1, 0.15) is 27.5 Å². The summed E-state index contributed by atoms with van der Waals surface area (Å²) in [6.07, 6.45) is 3.54. The minimum absolute atomic E-state index is 0.0419. The van der Waals surface area contributed by atoms with Gasteiger partial charge in [-0.1, -0.05) is 6.92 Å². The first-order chi connectivity index (χ1) is 14.4. The Hall–Kier alpha value is -2.59. The number of anilines is 1. The number of nitrogens with zero attached hydrogens (tertiary/aromatic N) is 4. The van der Waals surface area contributed by atoms with Gasteiger partial charge in [0.15, 0.2) is 5.75 Å². The fourth-order valence-corrected chi connectivity index (χ4v) is 3.91. The zero-order chi connectivity index (χ0) is 21.7. The van der Waals surface area contributed by atoms with Gasteiger partial charge in [-0.3, -0.25) is 4.72 Å². The number of ether oxygens (including phenoxy) is 2. The minimum atomic E-state index is -1.24. The van der Waals surface area contributed by atoms with Crippen LogP contribution in [0.25, 0.3) is 10.6 Å². The van der Waals surface area contributed by atoms with Crippen molar-refractivity contribution in [3.8, 4) is 28.1 Å². The van der Waals surface area contributed by atoms with E-state index < -0.39 is 11.0 Å². The van der Waals surface area contributed by atoms with E-state index in [4.69, 9.17) is 9.47 Å². The maximum atomic E-state index is 12.0. The number of aryl methyl sites for hydroxylation is 2. The number of aromatic nitrogens is 4. The fraction of sp³-hybridized carbons (Fsp3) is 0.400. The third-order valence-corrected chi connectivity index (χ3v) is 6.21. The first-order valence-electron chi connectivity index (χ1n) is 9.61. The van der Waals surface area contributed by atoms with Crippen LogP contribution in [0, 0.1) is 6.92 Å². The molecular weight excluding hydrogens is 422 g/mol. The Bertz CT molecular complexity index is 1040. The summed E-state index contributed by atoms with van der Waals surface area (Å²) >= 11 is 1.50. The highest BCUT2D eigenvalue weighted by Gasteiger charge is 2.19. The molecule has 160 valence electrons. The van der Waals surface area contributed by atoms with Gasteiger partial charge in [0, 0.05) is 17.9 Å². The molecule has 3 heterocycles. The summed E-state index contributed by atoms with van der Waals surface area (Å²) in [4.78, 5) is 18.7. The Morgan fingerprint density at radius 2 is 1.97 bits per heavy atom. The average Bonchev–Trinajstić information content (AvgIpc) is 3.09. The van der Waals surface area contributed by atoms with Crippen LogP contribution in [0.2, 0.25) is 0 Å². The van der Waals surface area contributed by atoms with Crippen LogP contribution in [0.15, 0.2) is 24.4 Å². The average molecular weight is 448 g/mol. The number of hydrogen-bond donors (Lipinski definition) is 1. The maximum Gasteiger partial charge on any atom is 0.259 e. The van der Waals surface area contributed by atoms with E-state index >= 15 is 0 Å². The molecule has 1 unspecified atom stereocenters. The number of rotatable bonds is 9. The van der Waals surface area contributed by atoms with Crippen LogP contribution >= 0.6 is 11.3 Å². The predicted octanol–water partition coefficient (Wildman–Crippen LogP) is 4.54. The smallest absolute Gasteiger partial charge is 0.259 e. The van der Waals surface area contributed by atoms with E-state index in [2.05, 4.69) is 31.6 Å². The second-order valence-electron chi connectivity index (χ2n) is 6.73. The summed E-state index contributed by atoms with van der Waals surface area (Å²) in [7, 11) is 0.266. The highest BCUT2D eigenvalue weighted by Crippen LogP contribution is 2.39. The molecule has 0 saturated heterocycles. The van der Waals surface area contributed by atoms with Crippen LogP contribution in [-0.4, -0.2) is 36.5 Å². The van der Waals surface area contributed by atoms with Crippen molar-refractivity contribution < 1.29 is 13.7 Å². The number of hydrogen-bond acceptors (Lipinski definition) is 8. The van der Waals surface area contributed by atoms with Gasteiger partial charge in [0.2, 0.25) is 5.88 Å². The first-order valence-corrected chi connectivity index (χ1v) is 11.6. The Morgan fingerprint density at radius 1 is 1.17 bits per heavy atom. The maximum absolute atomic E-state index is 12.0. The van der Waals surface area contributed by atoms with Gasteiger partial charge in [0.25, 0.3) is 5.88 Å². The second kappa shape index (κ2) is 9.94. The molecule has 0 aromatic carbocycles. The molecule has 0 radical (unpaired) electrons. The molecule has 1 N–H and O–H groups in total. The summed E-state index contributed by atoms with van der Waals surface area (Å²) in [5, 5.41) is 0.813. The third-order valence-electron chi connectivity index (χ3n) is 3.97. The fourth-order valence-electron chi connectivity index (χ4n) is 2.54. The number of thiazole rings is 1. The number of nitrogens with one attached hydrogen (secondary N) is 1. The minimum Gasteiger partial charge on any atom is -0.478 e. The Morgan fingerprint density at radius 3 is 2.67 bits per heavy atom. The Kier molecular flexibility index (Phi) is 7.33. The Balaban J connectivity index is 1.90. The van der Waals surface area contributed by atoms with Gasteiger partial charge in [-0.05, 0) is 45.4 Å². The van der Waals surface area contributed by atoms with Crippen LogP contribution in [0.5, 0.6) is 17.5 Å². The lowest BCUT2D eigenvalue weighted by Gasteiger charge is -2.12. The zero-order valence-electron chi connectivity index (χ0n) is 17.6. The normalized spacial score (nSPS) is 12.1. The zero-order valence-corrected chi connectivity index (χ0v) is 19.3. The molecule has 3 aromatic heterocycles. The lowest BCUT2D eigenvalue weighted by atomic mass is 10.3. The van der Waals surface area contributed by atoms with Crippen molar-refractivity contribution in [3.05, 3.63) is 35.2 Å².